The molecule has 0 aliphatic rings. The predicted octanol–water partition coefficient (Wildman–Crippen LogP) is 8.42. The Morgan fingerprint density at radius 3 is 1.81 bits per heavy atom. The van der Waals surface area contributed by atoms with E-state index >= 15 is 0 Å². The molecule has 0 nitrogen and oxygen atoms in total. The van der Waals surface area contributed by atoms with E-state index in [-0.39, 0.29) is 7.92 Å². The van der Waals surface area contributed by atoms with Crippen LogP contribution in [0.1, 0.15) is 83.1 Å². The number of benzene rings is 1. The molecule has 1 aromatic carbocycles. The molecule has 0 heterocycles. The Morgan fingerprint density at radius 2 is 1.27 bits per heavy atom. The van der Waals surface area contributed by atoms with E-state index in [0.717, 1.165) is 6.42 Å². The summed E-state index contributed by atoms with van der Waals surface area (Å²) in [5.74, 6) is 0. The molecule has 0 spiro atoms. The Bertz CT molecular complexity index is 431. The van der Waals surface area contributed by atoms with E-state index in [0.29, 0.717) is 0 Å². The Morgan fingerprint density at radius 1 is 0.731 bits per heavy atom. The van der Waals surface area contributed by atoms with Crippen molar-refractivity contribution in [3.8, 4) is 0 Å². The summed E-state index contributed by atoms with van der Waals surface area (Å²) < 4.78 is -0.435. The fraction of sp³-hybridized carbons (Fsp3) is 0.727. The minimum Gasteiger partial charge on any atom is -0.151 e. The first-order valence-electron chi connectivity index (χ1n) is 10.4. The molecule has 1 atom stereocenters. The SMILES string of the molecule is CCCCCCCCCCCCP(CCC(S)(S)S)Cc1ccccc1. The fourth-order valence-corrected chi connectivity index (χ4v) is 6.70. The van der Waals surface area contributed by atoms with Crippen molar-refractivity contribution in [2.75, 3.05) is 12.3 Å². The molecule has 1 aromatic rings. The van der Waals surface area contributed by atoms with Crippen molar-refractivity contribution in [2.45, 2.75) is 87.1 Å². The second-order valence-electron chi connectivity index (χ2n) is 7.47. The molecule has 0 saturated heterocycles. The summed E-state index contributed by atoms with van der Waals surface area (Å²) in [6.45, 7) is 2.29. The molecular formula is C22H39PS3. The highest BCUT2D eigenvalue weighted by Gasteiger charge is 2.17. The van der Waals surface area contributed by atoms with E-state index in [2.05, 4.69) is 75.1 Å². The van der Waals surface area contributed by atoms with E-state index in [1.54, 1.807) is 0 Å². The van der Waals surface area contributed by atoms with Gasteiger partial charge in [0.25, 0.3) is 0 Å². The summed E-state index contributed by atoms with van der Waals surface area (Å²) in [5.41, 5.74) is 1.48. The maximum Gasteiger partial charge on any atom is 0.0984 e. The van der Waals surface area contributed by atoms with Crippen LogP contribution in [0.25, 0.3) is 0 Å². The quantitative estimate of drug-likeness (QED) is 0.0996. The lowest BCUT2D eigenvalue weighted by Gasteiger charge is -2.22. The topological polar surface area (TPSA) is 0 Å². The van der Waals surface area contributed by atoms with Gasteiger partial charge in [-0.2, -0.15) is 37.9 Å². The summed E-state index contributed by atoms with van der Waals surface area (Å²) in [7, 11) is 0.0175. The van der Waals surface area contributed by atoms with Crippen LogP contribution < -0.4 is 0 Å². The van der Waals surface area contributed by atoms with Gasteiger partial charge in [0, 0.05) is 0 Å². The molecule has 0 N–H and O–H groups in total. The van der Waals surface area contributed by atoms with Gasteiger partial charge in [0.2, 0.25) is 0 Å². The maximum absolute atomic E-state index is 4.47. The van der Waals surface area contributed by atoms with E-state index in [1.807, 2.05) is 0 Å². The van der Waals surface area contributed by atoms with E-state index in [4.69, 9.17) is 0 Å². The normalized spacial score (nSPS) is 13.1. The van der Waals surface area contributed by atoms with Gasteiger partial charge in [0.1, 0.15) is 0 Å². The van der Waals surface area contributed by atoms with Crippen molar-refractivity contribution in [1.29, 1.82) is 0 Å². The van der Waals surface area contributed by atoms with Crippen LogP contribution in [0.5, 0.6) is 0 Å². The smallest absolute Gasteiger partial charge is 0.0984 e. The van der Waals surface area contributed by atoms with Gasteiger partial charge in [-0.15, -0.1) is 7.92 Å². The molecule has 0 radical (unpaired) electrons. The second kappa shape index (κ2) is 15.6. The van der Waals surface area contributed by atoms with Crippen LogP contribution in [0.3, 0.4) is 0 Å². The highest BCUT2D eigenvalue weighted by molar-refractivity contribution is 8.16. The number of hydrogen-bond donors (Lipinski definition) is 3. The Balaban J connectivity index is 2.19. The molecule has 0 aliphatic heterocycles. The van der Waals surface area contributed by atoms with Crippen LogP contribution in [0.2, 0.25) is 0 Å². The largest absolute Gasteiger partial charge is 0.151 e. The fourth-order valence-electron chi connectivity index (χ4n) is 3.24. The Kier molecular flexibility index (Phi) is 14.8. The third-order valence-electron chi connectivity index (χ3n) is 4.84. The minimum absolute atomic E-state index is 0.0175. The van der Waals surface area contributed by atoms with Crippen LogP contribution in [-0.4, -0.2) is 15.7 Å². The van der Waals surface area contributed by atoms with Crippen LogP contribution in [0.4, 0.5) is 0 Å². The molecule has 0 bridgehead atoms. The standard InChI is InChI=1S/C22H39PS3/c1-2-3-4-5-6-7-8-9-10-14-18-23(19-17-22(24,25)26)20-21-15-12-11-13-16-21/h11-13,15-16,24-26H,2-10,14,17-20H2,1H3. The van der Waals surface area contributed by atoms with Crippen LogP contribution in [0.15, 0.2) is 30.3 Å². The molecule has 4 heteroatoms. The van der Waals surface area contributed by atoms with Gasteiger partial charge in [-0.1, -0.05) is 95.0 Å². The van der Waals surface area contributed by atoms with Gasteiger partial charge in [-0.05, 0) is 36.9 Å². The van der Waals surface area contributed by atoms with E-state index < -0.39 is 3.41 Å². The molecule has 1 unspecified atom stereocenters. The zero-order valence-electron chi connectivity index (χ0n) is 16.6. The summed E-state index contributed by atoms with van der Waals surface area (Å²) in [6.07, 6.45) is 18.9. The van der Waals surface area contributed by atoms with Gasteiger partial charge in [-0.25, -0.2) is 0 Å². The average molecular weight is 431 g/mol. The number of hydrogen-bond acceptors (Lipinski definition) is 3. The third kappa shape index (κ3) is 14.7. The summed E-state index contributed by atoms with van der Waals surface area (Å²) >= 11 is 13.4. The van der Waals surface area contributed by atoms with Crippen LogP contribution in [-0.2, 0) is 6.16 Å². The van der Waals surface area contributed by atoms with Gasteiger partial charge < -0.3 is 0 Å². The molecule has 0 saturated carbocycles. The number of thiol groups is 3. The first-order chi connectivity index (χ1) is 12.5. The monoisotopic (exact) mass is 430 g/mol. The van der Waals surface area contributed by atoms with Crippen molar-refractivity contribution in [3.05, 3.63) is 35.9 Å². The van der Waals surface area contributed by atoms with Crippen molar-refractivity contribution < 1.29 is 0 Å². The van der Waals surface area contributed by atoms with Crippen LogP contribution in [0, 0.1) is 0 Å². The van der Waals surface area contributed by atoms with Crippen molar-refractivity contribution in [1.82, 2.24) is 0 Å². The number of rotatable bonds is 16. The minimum atomic E-state index is -0.435. The summed E-state index contributed by atoms with van der Waals surface area (Å²) in [4.78, 5) is 0. The zero-order chi connectivity index (χ0) is 19.1. The lowest BCUT2D eigenvalue weighted by molar-refractivity contribution is 0.562. The van der Waals surface area contributed by atoms with Crippen molar-refractivity contribution in [2.24, 2.45) is 0 Å². The van der Waals surface area contributed by atoms with Crippen LogP contribution >= 0.6 is 45.8 Å². The zero-order valence-corrected chi connectivity index (χ0v) is 20.2. The summed E-state index contributed by atoms with van der Waals surface area (Å²) in [6, 6.07) is 11.0. The predicted molar refractivity (Wildman–Crippen MR) is 133 cm³/mol. The average Bonchev–Trinajstić information content (AvgIpc) is 2.61. The molecule has 26 heavy (non-hydrogen) atoms. The molecule has 0 aliphatic carbocycles. The van der Waals surface area contributed by atoms with Crippen molar-refractivity contribution in [3.63, 3.8) is 0 Å². The van der Waals surface area contributed by atoms with Gasteiger partial charge >= 0.3 is 0 Å². The lowest BCUT2D eigenvalue weighted by Crippen LogP contribution is -2.06. The highest BCUT2D eigenvalue weighted by Crippen LogP contribution is 2.44. The molecule has 1 rings (SSSR count). The Hall–Kier alpha value is 0.700. The van der Waals surface area contributed by atoms with Gasteiger partial charge in [-0.3, -0.25) is 0 Å². The van der Waals surface area contributed by atoms with Gasteiger partial charge in [0.15, 0.2) is 0 Å². The second-order valence-corrected chi connectivity index (χ2v) is 13.4. The van der Waals surface area contributed by atoms with E-state index in [9.17, 15) is 0 Å². The maximum atomic E-state index is 4.47. The molecular weight excluding hydrogens is 391 g/mol. The van der Waals surface area contributed by atoms with Crippen molar-refractivity contribution >= 4 is 45.8 Å². The molecule has 0 aromatic heterocycles. The molecule has 0 fully saturated rings. The first kappa shape index (κ1) is 24.7. The van der Waals surface area contributed by atoms with E-state index in [1.165, 1.54) is 88.3 Å². The molecule has 0 amide bonds. The first-order valence-corrected chi connectivity index (χ1v) is 13.7. The summed E-state index contributed by atoms with van der Waals surface area (Å²) in [5, 5.41) is 0. The number of unbranched alkanes of at least 4 members (excludes halogenated alkanes) is 9. The molecule has 150 valence electrons. The highest BCUT2D eigenvalue weighted by atomic mass is 32.2. The lowest BCUT2D eigenvalue weighted by atomic mass is 10.1. The van der Waals surface area contributed by atoms with Gasteiger partial charge in [0.05, 0.1) is 3.41 Å². The Labute approximate surface area is 180 Å². The third-order valence-corrected chi connectivity index (χ3v) is 8.13.